The minimum atomic E-state index is 1.15. The van der Waals surface area contributed by atoms with Crippen LogP contribution in [0.2, 0.25) is 0 Å². The predicted octanol–water partition coefficient (Wildman–Crippen LogP) is 4.23. The van der Waals surface area contributed by atoms with E-state index in [1.54, 1.807) is 0 Å². The monoisotopic (exact) mass is 186 g/mol. The molecule has 0 N–H and O–H groups in total. The van der Waals surface area contributed by atoms with Gasteiger partial charge in [-0.15, -0.1) is 0 Å². The number of aryl methyl sites for hydroxylation is 1. The van der Waals surface area contributed by atoms with Crippen LogP contribution in [0.4, 0.5) is 0 Å². The molecule has 74 valence electrons. The highest BCUT2D eigenvalue weighted by Crippen LogP contribution is 2.15. The SMILES string of the molecule is C=C/C(C)=C\c1ccccc1CCC. The Hall–Kier alpha value is -1.30. The van der Waals surface area contributed by atoms with E-state index in [2.05, 4.69) is 50.8 Å². The summed E-state index contributed by atoms with van der Waals surface area (Å²) in [7, 11) is 0. The van der Waals surface area contributed by atoms with Gasteiger partial charge in [0.25, 0.3) is 0 Å². The molecule has 0 saturated carbocycles. The highest BCUT2D eigenvalue weighted by Gasteiger charge is 1.97. The standard InChI is InChI=1S/C14H18/c1-4-8-13-9-6-7-10-14(13)11-12(3)5-2/h5-7,9-11H,2,4,8H2,1,3H3/b12-11-. The topological polar surface area (TPSA) is 0 Å². The number of rotatable bonds is 4. The molecule has 1 aromatic rings. The van der Waals surface area contributed by atoms with Gasteiger partial charge in [-0.2, -0.15) is 0 Å². The Balaban J connectivity index is 3.00. The highest BCUT2D eigenvalue weighted by atomic mass is 14.0. The number of hydrogen-bond acceptors (Lipinski definition) is 0. The minimum Gasteiger partial charge on any atom is -0.0988 e. The van der Waals surface area contributed by atoms with E-state index >= 15 is 0 Å². The molecule has 0 aromatic heterocycles. The quantitative estimate of drug-likeness (QED) is 0.617. The second kappa shape index (κ2) is 5.43. The Morgan fingerprint density at radius 2 is 2.07 bits per heavy atom. The highest BCUT2D eigenvalue weighted by molar-refractivity contribution is 5.58. The molecule has 0 saturated heterocycles. The summed E-state index contributed by atoms with van der Waals surface area (Å²) in [6.45, 7) is 8.05. The van der Waals surface area contributed by atoms with Crippen LogP contribution in [0.25, 0.3) is 6.08 Å². The molecular weight excluding hydrogens is 168 g/mol. The van der Waals surface area contributed by atoms with E-state index in [9.17, 15) is 0 Å². The maximum atomic E-state index is 3.76. The summed E-state index contributed by atoms with van der Waals surface area (Å²) in [5.74, 6) is 0. The van der Waals surface area contributed by atoms with Gasteiger partial charge in [0.1, 0.15) is 0 Å². The first-order chi connectivity index (χ1) is 6.77. The van der Waals surface area contributed by atoms with Crippen LogP contribution in [-0.4, -0.2) is 0 Å². The van der Waals surface area contributed by atoms with Gasteiger partial charge >= 0.3 is 0 Å². The third-order valence-corrected chi connectivity index (χ3v) is 2.28. The summed E-state index contributed by atoms with van der Waals surface area (Å²) in [5, 5.41) is 0. The van der Waals surface area contributed by atoms with Gasteiger partial charge in [0.05, 0.1) is 0 Å². The second-order valence-corrected chi connectivity index (χ2v) is 3.54. The van der Waals surface area contributed by atoms with Crippen molar-refractivity contribution in [2.75, 3.05) is 0 Å². The first kappa shape index (κ1) is 10.8. The van der Waals surface area contributed by atoms with E-state index in [1.807, 2.05) is 6.08 Å². The van der Waals surface area contributed by atoms with Crippen LogP contribution in [-0.2, 0) is 6.42 Å². The van der Waals surface area contributed by atoms with Crippen molar-refractivity contribution < 1.29 is 0 Å². The smallest absolute Gasteiger partial charge is 0.0222 e. The summed E-state index contributed by atoms with van der Waals surface area (Å²) in [6.07, 6.45) is 6.43. The number of benzene rings is 1. The molecule has 0 nitrogen and oxygen atoms in total. The van der Waals surface area contributed by atoms with Crippen molar-refractivity contribution in [3.63, 3.8) is 0 Å². The van der Waals surface area contributed by atoms with E-state index in [0.717, 1.165) is 6.42 Å². The first-order valence-electron chi connectivity index (χ1n) is 5.16. The maximum absolute atomic E-state index is 3.76. The molecular formula is C14H18. The van der Waals surface area contributed by atoms with E-state index in [-0.39, 0.29) is 0 Å². The van der Waals surface area contributed by atoms with Crippen LogP contribution in [0.3, 0.4) is 0 Å². The fourth-order valence-electron chi connectivity index (χ4n) is 1.48. The van der Waals surface area contributed by atoms with Crippen LogP contribution < -0.4 is 0 Å². The molecule has 0 aliphatic rings. The lowest BCUT2D eigenvalue weighted by Crippen LogP contribution is -1.87. The van der Waals surface area contributed by atoms with Crippen molar-refractivity contribution in [3.8, 4) is 0 Å². The predicted molar refractivity (Wildman–Crippen MR) is 64.3 cm³/mol. The summed E-state index contributed by atoms with van der Waals surface area (Å²) in [4.78, 5) is 0. The Bertz CT molecular complexity index is 332. The lowest BCUT2D eigenvalue weighted by molar-refractivity contribution is 0.919. The van der Waals surface area contributed by atoms with Crippen molar-refractivity contribution in [3.05, 3.63) is 53.6 Å². The molecule has 0 fully saturated rings. The zero-order valence-electron chi connectivity index (χ0n) is 9.09. The lowest BCUT2D eigenvalue weighted by atomic mass is 10.0. The summed E-state index contributed by atoms with van der Waals surface area (Å²) < 4.78 is 0. The average molecular weight is 186 g/mol. The number of hydrogen-bond donors (Lipinski definition) is 0. The zero-order valence-corrected chi connectivity index (χ0v) is 9.09. The zero-order chi connectivity index (χ0) is 10.4. The molecule has 0 atom stereocenters. The molecule has 0 aliphatic heterocycles. The van der Waals surface area contributed by atoms with Gasteiger partial charge in [-0.05, 0) is 24.5 Å². The molecule has 0 amide bonds. The van der Waals surface area contributed by atoms with E-state index in [4.69, 9.17) is 0 Å². The molecule has 0 aliphatic carbocycles. The van der Waals surface area contributed by atoms with Gasteiger partial charge in [0, 0.05) is 0 Å². The molecule has 1 rings (SSSR count). The van der Waals surface area contributed by atoms with E-state index < -0.39 is 0 Å². The normalized spacial score (nSPS) is 11.4. The van der Waals surface area contributed by atoms with Crippen molar-refractivity contribution >= 4 is 6.08 Å². The molecule has 0 unspecified atom stereocenters. The fraction of sp³-hybridized carbons (Fsp3) is 0.286. The van der Waals surface area contributed by atoms with Gasteiger partial charge in [-0.25, -0.2) is 0 Å². The van der Waals surface area contributed by atoms with Gasteiger partial charge in [0.2, 0.25) is 0 Å². The summed E-state index contributed by atoms with van der Waals surface area (Å²) in [5.41, 5.74) is 3.97. The van der Waals surface area contributed by atoms with Crippen LogP contribution in [0.5, 0.6) is 0 Å². The van der Waals surface area contributed by atoms with Crippen LogP contribution in [0.1, 0.15) is 31.4 Å². The van der Waals surface area contributed by atoms with Gasteiger partial charge in [0.15, 0.2) is 0 Å². The van der Waals surface area contributed by atoms with E-state index in [0.29, 0.717) is 0 Å². The van der Waals surface area contributed by atoms with E-state index in [1.165, 1.54) is 23.1 Å². The Morgan fingerprint density at radius 3 is 2.71 bits per heavy atom. The van der Waals surface area contributed by atoms with Gasteiger partial charge in [-0.1, -0.05) is 61.9 Å². The second-order valence-electron chi connectivity index (χ2n) is 3.54. The summed E-state index contributed by atoms with van der Waals surface area (Å²) >= 11 is 0. The first-order valence-corrected chi connectivity index (χ1v) is 5.16. The Kier molecular flexibility index (Phi) is 4.18. The molecule has 0 heterocycles. The lowest BCUT2D eigenvalue weighted by Gasteiger charge is -2.04. The molecule has 1 aromatic carbocycles. The molecule has 0 bridgehead atoms. The maximum Gasteiger partial charge on any atom is -0.0222 e. The summed E-state index contributed by atoms with van der Waals surface area (Å²) in [6, 6.07) is 8.55. The Labute approximate surface area is 87.0 Å². The van der Waals surface area contributed by atoms with Crippen molar-refractivity contribution in [2.45, 2.75) is 26.7 Å². The van der Waals surface area contributed by atoms with Crippen LogP contribution in [0.15, 0.2) is 42.5 Å². The van der Waals surface area contributed by atoms with Crippen LogP contribution in [0, 0.1) is 0 Å². The molecule has 0 spiro atoms. The third-order valence-electron chi connectivity index (χ3n) is 2.28. The fourth-order valence-corrected chi connectivity index (χ4v) is 1.48. The van der Waals surface area contributed by atoms with Crippen molar-refractivity contribution in [1.29, 1.82) is 0 Å². The minimum absolute atomic E-state index is 1.15. The van der Waals surface area contributed by atoms with Crippen LogP contribution >= 0.6 is 0 Å². The Morgan fingerprint density at radius 1 is 1.36 bits per heavy atom. The average Bonchev–Trinajstić information content (AvgIpc) is 2.21. The largest absolute Gasteiger partial charge is 0.0988 e. The molecule has 14 heavy (non-hydrogen) atoms. The van der Waals surface area contributed by atoms with Gasteiger partial charge in [-0.3, -0.25) is 0 Å². The number of allylic oxidation sites excluding steroid dienone is 2. The van der Waals surface area contributed by atoms with Crippen molar-refractivity contribution in [2.24, 2.45) is 0 Å². The molecule has 0 radical (unpaired) electrons. The van der Waals surface area contributed by atoms with Crippen molar-refractivity contribution in [1.82, 2.24) is 0 Å². The third kappa shape index (κ3) is 2.88. The molecule has 0 heteroatoms. The van der Waals surface area contributed by atoms with Gasteiger partial charge < -0.3 is 0 Å².